The van der Waals surface area contributed by atoms with Gasteiger partial charge in [-0.25, -0.2) is 0 Å². The molecule has 1 amide bonds. The van der Waals surface area contributed by atoms with Gasteiger partial charge in [-0.3, -0.25) is 9.69 Å². The molecule has 38 heavy (non-hydrogen) atoms. The van der Waals surface area contributed by atoms with E-state index in [0.717, 1.165) is 16.7 Å². The number of rotatable bonds is 13. The van der Waals surface area contributed by atoms with Crippen molar-refractivity contribution >= 4 is 14.2 Å². The van der Waals surface area contributed by atoms with E-state index < -0.39 is 14.4 Å². The van der Waals surface area contributed by atoms with Gasteiger partial charge >= 0.3 is 0 Å². The standard InChI is InChI=1S/C33H44N2O2Si/c1-7-23-34(24-28-17-11-8-12-18-28)31(27-37-38(5,6)33(2,3)4)32(36)35(25-29-19-13-9-14-20-29)26-30-21-15-10-16-22-30/h7-22,31H,1,23-27H2,2-6H3/t31-/m0/s1. The number of hydrogen-bond donors (Lipinski definition) is 0. The Morgan fingerprint density at radius 1 is 0.816 bits per heavy atom. The Bertz CT molecular complexity index is 1090. The monoisotopic (exact) mass is 528 g/mol. The van der Waals surface area contributed by atoms with Gasteiger partial charge in [0.15, 0.2) is 8.32 Å². The largest absolute Gasteiger partial charge is 0.415 e. The van der Waals surface area contributed by atoms with Crippen LogP contribution in [0.5, 0.6) is 0 Å². The van der Waals surface area contributed by atoms with Crippen molar-refractivity contribution < 1.29 is 9.22 Å². The van der Waals surface area contributed by atoms with E-state index in [1.165, 1.54) is 0 Å². The summed E-state index contributed by atoms with van der Waals surface area (Å²) in [4.78, 5) is 18.7. The summed E-state index contributed by atoms with van der Waals surface area (Å²) in [6, 6.07) is 30.3. The molecular weight excluding hydrogens is 484 g/mol. The molecule has 202 valence electrons. The van der Waals surface area contributed by atoms with Crippen molar-refractivity contribution in [1.82, 2.24) is 9.80 Å². The van der Waals surface area contributed by atoms with E-state index in [1.54, 1.807) is 0 Å². The zero-order valence-electron chi connectivity index (χ0n) is 23.8. The summed E-state index contributed by atoms with van der Waals surface area (Å²) in [5, 5.41) is 0.0526. The van der Waals surface area contributed by atoms with Crippen molar-refractivity contribution in [3.8, 4) is 0 Å². The number of amides is 1. The molecule has 4 nitrogen and oxygen atoms in total. The Balaban J connectivity index is 1.97. The van der Waals surface area contributed by atoms with E-state index in [2.05, 4.69) is 81.7 Å². The van der Waals surface area contributed by atoms with Crippen LogP contribution in [0.2, 0.25) is 18.1 Å². The second kappa shape index (κ2) is 13.7. The van der Waals surface area contributed by atoms with Crippen molar-refractivity contribution in [3.05, 3.63) is 120 Å². The average molecular weight is 529 g/mol. The molecule has 3 rings (SSSR count). The Morgan fingerprint density at radius 3 is 1.63 bits per heavy atom. The summed E-state index contributed by atoms with van der Waals surface area (Å²) >= 11 is 0. The first-order chi connectivity index (χ1) is 18.1. The summed E-state index contributed by atoms with van der Waals surface area (Å²) in [5.41, 5.74) is 3.38. The highest BCUT2D eigenvalue weighted by molar-refractivity contribution is 6.74. The fourth-order valence-electron chi connectivity index (χ4n) is 4.15. The fourth-order valence-corrected chi connectivity index (χ4v) is 5.16. The van der Waals surface area contributed by atoms with Gasteiger partial charge < -0.3 is 9.33 Å². The van der Waals surface area contributed by atoms with Crippen molar-refractivity contribution in [2.24, 2.45) is 0 Å². The molecule has 0 saturated carbocycles. The third-order valence-electron chi connectivity index (χ3n) is 7.47. The predicted octanol–water partition coefficient (Wildman–Crippen LogP) is 7.29. The van der Waals surface area contributed by atoms with Crippen LogP contribution in [-0.2, 0) is 28.9 Å². The number of nitrogens with zero attached hydrogens (tertiary/aromatic N) is 2. The molecule has 3 aromatic rings. The van der Waals surface area contributed by atoms with Gasteiger partial charge in [-0.15, -0.1) is 6.58 Å². The number of hydrogen-bond acceptors (Lipinski definition) is 3. The third-order valence-corrected chi connectivity index (χ3v) is 12.0. The normalized spacial score (nSPS) is 12.8. The van der Waals surface area contributed by atoms with Crippen molar-refractivity contribution in [2.45, 2.75) is 64.6 Å². The lowest BCUT2D eigenvalue weighted by Crippen LogP contribution is -2.53. The van der Waals surface area contributed by atoms with Crippen LogP contribution in [0.25, 0.3) is 0 Å². The molecule has 0 aliphatic heterocycles. The Kier molecular flexibility index (Phi) is 10.7. The van der Waals surface area contributed by atoms with Crippen molar-refractivity contribution in [1.29, 1.82) is 0 Å². The maximum Gasteiger partial charge on any atom is 0.242 e. The zero-order valence-corrected chi connectivity index (χ0v) is 24.8. The van der Waals surface area contributed by atoms with E-state index in [0.29, 0.717) is 32.8 Å². The second-order valence-corrected chi connectivity index (χ2v) is 16.3. The Morgan fingerprint density at radius 2 is 1.24 bits per heavy atom. The Labute approximate surface area is 231 Å². The molecule has 0 radical (unpaired) electrons. The van der Waals surface area contributed by atoms with Gasteiger partial charge in [0.2, 0.25) is 5.91 Å². The molecule has 0 bridgehead atoms. The van der Waals surface area contributed by atoms with E-state index in [-0.39, 0.29) is 10.9 Å². The molecule has 1 atom stereocenters. The topological polar surface area (TPSA) is 32.8 Å². The van der Waals surface area contributed by atoms with E-state index in [1.807, 2.05) is 65.6 Å². The van der Waals surface area contributed by atoms with Crippen LogP contribution in [0, 0.1) is 0 Å². The van der Waals surface area contributed by atoms with E-state index >= 15 is 0 Å². The molecule has 0 aliphatic carbocycles. The smallest absolute Gasteiger partial charge is 0.242 e. The molecule has 0 spiro atoms. The minimum atomic E-state index is -2.08. The first-order valence-corrected chi connectivity index (χ1v) is 16.4. The van der Waals surface area contributed by atoms with E-state index in [4.69, 9.17) is 4.43 Å². The molecule has 0 saturated heterocycles. The average Bonchev–Trinajstić information content (AvgIpc) is 2.89. The minimum absolute atomic E-state index is 0.0526. The van der Waals surface area contributed by atoms with Gasteiger partial charge in [-0.1, -0.05) is 118 Å². The Hall–Kier alpha value is -2.99. The number of carbonyl (C=O) groups is 1. The molecular formula is C33H44N2O2Si. The van der Waals surface area contributed by atoms with Gasteiger partial charge in [0.05, 0.1) is 6.61 Å². The quantitative estimate of drug-likeness (QED) is 0.172. The van der Waals surface area contributed by atoms with Gasteiger partial charge in [-0.05, 0) is 34.8 Å². The van der Waals surface area contributed by atoms with Gasteiger partial charge in [0, 0.05) is 26.2 Å². The first-order valence-electron chi connectivity index (χ1n) is 13.5. The molecule has 3 aromatic carbocycles. The minimum Gasteiger partial charge on any atom is -0.415 e. The summed E-state index contributed by atoms with van der Waals surface area (Å²) < 4.78 is 6.71. The lowest BCUT2D eigenvalue weighted by Gasteiger charge is -2.40. The van der Waals surface area contributed by atoms with Crippen LogP contribution < -0.4 is 0 Å². The zero-order chi connectivity index (χ0) is 27.6. The lowest BCUT2D eigenvalue weighted by molar-refractivity contribution is -0.139. The number of carbonyl (C=O) groups excluding carboxylic acids is 1. The molecule has 5 heteroatoms. The van der Waals surface area contributed by atoms with Gasteiger partial charge in [0.25, 0.3) is 0 Å². The SMILES string of the molecule is C=CCN(Cc1ccccc1)[C@@H](CO[Si](C)(C)C(C)(C)C)C(=O)N(Cc1ccccc1)Cc1ccccc1. The lowest BCUT2D eigenvalue weighted by atomic mass is 10.1. The van der Waals surface area contributed by atoms with Crippen molar-refractivity contribution in [2.75, 3.05) is 13.2 Å². The van der Waals surface area contributed by atoms with Gasteiger partial charge in [-0.2, -0.15) is 0 Å². The predicted molar refractivity (Wildman–Crippen MR) is 161 cm³/mol. The van der Waals surface area contributed by atoms with E-state index in [9.17, 15) is 4.79 Å². The van der Waals surface area contributed by atoms with Crippen LogP contribution in [-0.4, -0.2) is 43.2 Å². The van der Waals surface area contributed by atoms with Crippen LogP contribution >= 0.6 is 0 Å². The molecule has 0 aliphatic rings. The molecule has 0 N–H and O–H groups in total. The molecule has 0 heterocycles. The summed E-state index contributed by atoms with van der Waals surface area (Å²) in [6.45, 7) is 17.9. The van der Waals surface area contributed by atoms with Crippen molar-refractivity contribution in [3.63, 3.8) is 0 Å². The molecule has 0 unspecified atom stereocenters. The maximum absolute atomic E-state index is 14.5. The molecule has 0 aromatic heterocycles. The maximum atomic E-state index is 14.5. The fraction of sp³-hybridized carbons (Fsp3) is 0.364. The highest BCUT2D eigenvalue weighted by Crippen LogP contribution is 2.36. The highest BCUT2D eigenvalue weighted by atomic mass is 28.4. The summed E-state index contributed by atoms with van der Waals surface area (Å²) in [7, 11) is -2.08. The van der Waals surface area contributed by atoms with Crippen LogP contribution in [0.3, 0.4) is 0 Å². The summed E-state index contributed by atoms with van der Waals surface area (Å²) in [6.07, 6.45) is 1.88. The summed E-state index contributed by atoms with van der Waals surface area (Å²) in [5.74, 6) is 0.0780. The third kappa shape index (κ3) is 8.52. The highest BCUT2D eigenvalue weighted by Gasteiger charge is 2.39. The molecule has 0 fully saturated rings. The van der Waals surface area contributed by atoms with Crippen LogP contribution in [0.4, 0.5) is 0 Å². The first kappa shape index (κ1) is 29.6. The second-order valence-electron chi connectivity index (χ2n) is 11.5. The number of benzene rings is 3. The van der Waals surface area contributed by atoms with Gasteiger partial charge in [0.1, 0.15) is 6.04 Å². The van der Waals surface area contributed by atoms with Crippen LogP contribution in [0.1, 0.15) is 37.5 Å². The van der Waals surface area contributed by atoms with Crippen LogP contribution in [0.15, 0.2) is 104 Å².